The number of aliphatic hydroxyl groups excluding tert-OH is 1. The first-order valence-electron chi connectivity index (χ1n) is 11.1. The zero-order valence-electron chi connectivity index (χ0n) is 17.9. The van der Waals surface area contributed by atoms with Gasteiger partial charge < -0.3 is 19.7 Å². The van der Waals surface area contributed by atoms with Crippen molar-refractivity contribution in [2.75, 3.05) is 32.8 Å². The van der Waals surface area contributed by atoms with Gasteiger partial charge in [-0.15, -0.1) is 0 Å². The van der Waals surface area contributed by atoms with Crippen molar-refractivity contribution in [3.63, 3.8) is 0 Å². The van der Waals surface area contributed by atoms with E-state index in [4.69, 9.17) is 21.1 Å². The van der Waals surface area contributed by atoms with E-state index in [-0.39, 0.29) is 18.2 Å². The molecule has 3 amide bonds. The van der Waals surface area contributed by atoms with E-state index in [1.807, 2.05) is 18.2 Å². The summed E-state index contributed by atoms with van der Waals surface area (Å²) in [7, 11) is 0. The van der Waals surface area contributed by atoms with Crippen LogP contribution in [0.4, 0.5) is 4.79 Å². The van der Waals surface area contributed by atoms with E-state index >= 15 is 0 Å². The number of rotatable bonds is 8. The Morgan fingerprint density at radius 2 is 1.84 bits per heavy atom. The van der Waals surface area contributed by atoms with Crippen molar-refractivity contribution in [1.29, 1.82) is 0 Å². The molecule has 32 heavy (non-hydrogen) atoms. The van der Waals surface area contributed by atoms with Gasteiger partial charge in [0.2, 0.25) is 0 Å². The Bertz CT molecular complexity index is 977. The number of likely N-dealkylation sites (tertiary alicyclic amines) is 1. The summed E-state index contributed by atoms with van der Waals surface area (Å²) in [6, 6.07) is 10.5. The lowest BCUT2D eigenvalue weighted by Crippen LogP contribution is -2.37. The van der Waals surface area contributed by atoms with Crippen LogP contribution in [0.1, 0.15) is 31.4 Å². The summed E-state index contributed by atoms with van der Waals surface area (Å²) in [6.45, 7) is 3.50. The number of benzene rings is 1. The van der Waals surface area contributed by atoms with Gasteiger partial charge in [0, 0.05) is 29.8 Å². The third kappa shape index (κ3) is 5.41. The van der Waals surface area contributed by atoms with Gasteiger partial charge >= 0.3 is 6.03 Å². The Morgan fingerprint density at radius 3 is 2.56 bits per heavy atom. The van der Waals surface area contributed by atoms with Crippen molar-refractivity contribution in [1.82, 2.24) is 15.1 Å². The number of hydrogen-bond donors (Lipinski definition) is 2. The van der Waals surface area contributed by atoms with Crippen LogP contribution in [0, 0.1) is 5.92 Å². The molecule has 4 rings (SSSR count). The topological polar surface area (TPSA) is 86.0 Å². The molecule has 2 aromatic rings. The lowest BCUT2D eigenvalue weighted by Gasteiger charge is -2.31. The maximum absolute atomic E-state index is 12.7. The lowest BCUT2D eigenvalue weighted by molar-refractivity contribution is -0.122. The number of amides is 3. The maximum atomic E-state index is 12.7. The van der Waals surface area contributed by atoms with Crippen molar-refractivity contribution < 1.29 is 19.1 Å². The van der Waals surface area contributed by atoms with Crippen molar-refractivity contribution in [3.05, 3.63) is 52.9 Å². The fourth-order valence-corrected chi connectivity index (χ4v) is 4.38. The average molecular weight is 458 g/mol. The summed E-state index contributed by atoms with van der Waals surface area (Å²) < 4.78 is 5.81. The van der Waals surface area contributed by atoms with E-state index in [1.165, 1.54) is 4.90 Å². The molecule has 0 aliphatic carbocycles. The molecule has 2 aliphatic heterocycles. The molecular formula is C24H28ClN3O4. The highest BCUT2D eigenvalue weighted by atomic mass is 35.5. The molecule has 7 nitrogen and oxygen atoms in total. The minimum atomic E-state index is -0.396. The number of aliphatic hydroxyl groups is 1. The van der Waals surface area contributed by atoms with Gasteiger partial charge in [-0.2, -0.15) is 0 Å². The Balaban J connectivity index is 1.30. The van der Waals surface area contributed by atoms with Crippen LogP contribution in [0.15, 0.2) is 46.5 Å². The van der Waals surface area contributed by atoms with Crippen LogP contribution in [0.5, 0.6) is 0 Å². The molecule has 2 fully saturated rings. The quantitative estimate of drug-likeness (QED) is 0.462. The van der Waals surface area contributed by atoms with Crippen LogP contribution in [0.3, 0.4) is 0 Å². The molecule has 1 aromatic heterocycles. The zero-order valence-corrected chi connectivity index (χ0v) is 18.7. The molecule has 3 heterocycles. The van der Waals surface area contributed by atoms with Crippen LogP contribution in [0.25, 0.3) is 17.4 Å². The molecule has 0 unspecified atom stereocenters. The number of carbonyl (C=O) groups excluding carboxylic acids is 2. The van der Waals surface area contributed by atoms with Crippen LogP contribution in [-0.4, -0.2) is 59.6 Å². The zero-order chi connectivity index (χ0) is 22.5. The average Bonchev–Trinajstić information content (AvgIpc) is 3.36. The Labute approximate surface area is 192 Å². The summed E-state index contributed by atoms with van der Waals surface area (Å²) in [5.41, 5.74) is 1.10. The van der Waals surface area contributed by atoms with Gasteiger partial charge in [-0.3, -0.25) is 9.69 Å². The van der Waals surface area contributed by atoms with Crippen molar-refractivity contribution in [2.24, 2.45) is 5.92 Å². The minimum absolute atomic E-state index is 0.219. The first kappa shape index (κ1) is 22.6. The van der Waals surface area contributed by atoms with E-state index in [2.05, 4.69) is 10.2 Å². The van der Waals surface area contributed by atoms with Gasteiger partial charge in [0.05, 0.1) is 0 Å². The molecule has 0 spiro atoms. The fourth-order valence-electron chi connectivity index (χ4n) is 4.25. The first-order valence-corrected chi connectivity index (χ1v) is 11.4. The normalized spacial score (nSPS) is 19.2. The molecule has 2 aliphatic rings. The van der Waals surface area contributed by atoms with Crippen molar-refractivity contribution >= 4 is 29.6 Å². The third-order valence-corrected chi connectivity index (χ3v) is 6.36. The molecule has 8 heteroatoms. The molecule has 0 bridgehead atoms. The second kappa shape index (κ2) is 10.3. The largest absolute Gasteiger partial charge is 0.457 e. The van der Waals surface area contributed by atoms with Crippen LogP contribution in [0.2, 0.25) is 5.02 Å². The number of imide groups is 1. The Morgan fingerprint density at radius 1 is 1.09 bits per heavy atom. The molecular weight excluding hydrogens is 430 g/mol. The summed E-state index contributed by atoms with van der Waals surface area (Å²) >= 11 is 5.93. The first-order chi connectivity index (χ1) is 15.5. The minimum Gasteiger partial charge on any atom is -0.457 e. The Hall–Kier alpha value is -2.61. The molecule has 2 saturated heterocycles. The number of piperidine rings is 1. The van der Waals surface area contributed by atoms with E-state index in [1.54, 1.807) is 24.3 Å². The SMILES string of the molecule is O=C1NC(=Cc2ccc(-c3ccc(Cl)cc3)o2)C(=O)N1CCCN1CCC(CCO)CC1. The van der Waals surface area contributed by atoms with E-state index in [0.29, 0.717) is 29.0 Å². The van der Waals surface area contributed by atoms with E-state index in [0.717, 1.165) is 50.9 Å². The van der Waals surface area contributed by atoms with Crippen LogP contribution in [-0.2, 0) is 4.79 Å². The molecule has 0 atom stereocenters. The van der Waals surface area contributed by atoms with Gasteiger partial charge in [0.1, 0.15) is 17.2 Å². The van der Waals surface area contributed by atoms with Crippen LogP contribution < -0.4 is 5.32 Å². The summed E-state index contributed by atoms with van der Waals surface area (Å²) in [5.74, 6) is 1.42. The van der Waals surface area contributed by atoms with Gasteiger partial charge in [0.25, 0.3) is 5.91 Å². The van der Waals surface area contributed by atoms with E-state index < -0.39 is 6.03 Å². The molecule has 1 aromatic carbocycles. The third-order valence-electron chi connectivity index (χ3n) is 6.10. The smallest absolute Gasteiger partial charge is 0.329 e. The Kier molecular flexibility index (Phi) is 7.29. The highest BCUT2D eigenvalue weighted by molar-refractivity contribution is 6.30. The van der Waals surface area contributed by atoms with Crippen molar-refractivity contribution in [2.45, 2.75) is 25.7 Å². The number of carbonyl (C=O) groups is 2. The predicted molar refractivity (Wildman–Crippen MR) is 123 cm³/mol. The number of hydrogen-bond acceptors (Lipinski definition) is 5. The molecule has 0 radical (unpaired) electrons. The van der Waals surface area contributed by atoms with E-state index in [9.17, 15) is 9.59 Å². The molecule has 170 valence electrons. The lowest BCUT2D eigenvalue weighted by atomic mass is 9.94. The monoisotopic (exact) mass is 457 g/mol. The van der Waals surface area contributed by atoms with Crippen LogP contribution >= 0.6 is 11.6 Å². The number of furan rings is 1. The second-order valence-electron chi connectivity index (χ2n) is 8.30. The van der Waals surface area contributed by atoms with Gasteiger partial charge in [-0.25, -0.2) is 4.79 Å². The second-order valence-corrected chi connectivity index (χ2v) is 8.74. The molecule has 2 N–H and O–H groups in total. The standard InChI is InChI=1S/C24H28ClN3O4/c25-19-4-2-18(3-5-19)22-7-6-20(32-22)16-21-23(30)28(24(31)26-21)12-1-11-27-13-8-17(9-14-27)10-15-29/h2-7,16-17,29H,1,8-15H2,(H,26,31). The predicted octanol–water partition coefficient (Wildman–Crippen LogP) is 3.98. The fraction of sp³-hybridized carbons (Fsp3) is 0.417. The number of urea groups is 1. The summed E-state index contributed by atoms with van der Waals surface area (Å²) in [4.78, 5) is 28.6. The highest BCUT2D eigenvalue weighted by Crippen LogP contribution is 2.25. The molecule has 0 saturated carbocycles. The number of nitrogens with zero attached hydrogens (tertiary/aromatic N) is 2. The van der Waals surface area contributed by atoms with Crippen molar-refractivity contribution in [3.8, 4) is 11.3 Å². The highest BCUT2D eigenvalue weighted by Gasteiger charge is 2.33. The maximum Gasteiger partial charge on any atom is 0.329 e. The number of halogens is 1. The van der Waals surface area contributed by atoms with Gasteiger partial charge in [-0.1, -0.05) is 11.6 Å². The van der Waals surface area contributed by atoms with Gasteiger partial charge in [-0.05, 0) is 87.6 Å². The number of nitrogens with one attached hydrogen (secondary N) is 1. The summed E-state index contributed by atoms with van der Waals surface area (Å²) in [6.07, 6.45) is 5.36. The van der Waals surface area contributed by atoms with Gasteiger partial charge in [0.15, 0.2) is 0 Å². The summed E-state index contributed by atoms with van der Waals surface area (Å²) in [5, 5.41) is 12.4.